The Morgan fingerprint density at radius 1 is 1.23 bits per heavy atom. The van der Waals surface area contributed by atoms with Gasteiger partial charge < -0.3 is 14.9 Å². The van der Waals surface area contributed by atoms with E-state index in [1.807, 2.05) is 26.0 Å². The molecule has 2 saturated carbocycles. The molecule has 0 aromatic heterocycles. The Labute approximate surface area is 185 Å². The summed E-state index contributed by atoms with van der Waals surface area (Å²) >= 11 is 0. The average Bonchev–Trinajstić information content (AvgIpc) is 3.19. The number of Topliss-reactive ketones (excluding diaryl/α,β-unsaturated/α-hetero) is 1. The van der Waals surface area contributed by atoms with Crippen LogP contribution in [0.3, 0.4) is 0 Å². The van der Waals surface area contributed by atoms with Crippen molar-refractivity contribution in [3.8, 4) is 0 Å². The zero-order chi connectivity index (χ0) is 22.9. The van der Waals surface area contributed by atoms with Gasteiger partial charge in [0.15, 0.2) is 17.5 Å². The van der Waals surface area contributed by atoms with Crippen LogP contribution >= 0.6 is 0 Å². The number of esters is 1. The number of carbonyl (C=O) groups is 2. The molecular weight excluding hydrogens is 392 g/mol. The van der Waals surface area contributed by atoms with Crippen molar-refractivity contribution in [3.05, 3.63) is 23.3 Å². The fraction of sp³-hybridized carbons (Fsp3) is 0.769. The van der Waals surface area contributed by atoms with Crippen LogP contribution in [0.2, 0.25) is 0 Å². The van der Waals surface area contributed by atoms with Gasteiger partial charge in [-0.25, -0.2) is 0 Å². The molecule has 31 heavy (non-hydrogen) atoms. The number of unbranched alkanes of at least 4 members (excludes halogenated alkanes) is 2. The van der Waals surface area contributed by atoms with Crippen LogP contribution in [0.1, 0.15) is 73.6 Å². The molecule has 2 N–H and O–H groups in total. The molecule has 0 radical (unpaired) electrons. The van der Waals surface area contributed by atoms with Crippen LogP contribution < -0.4 is 0 Å². The first-order valence-corrected chi connectivity index (χ1v) is 12.0. The maximum Gasteiger partial charge on any atom is 0.306 e. The van der Waals surface area contributed by atoms with Gasteiger partial charge in [0.05, 0.1) is 5.41 Å². The highest BCUT2D eigenvalue weighted by molar-refractivity contribution is 5.95. The molecule has 8 atom stereocenters. The number of fused-ring (bicyclic) bond motifs is 3. The molecular formula is C26H38O5. The van der Waals surface area contributed by atoms with E-state index in [4.69, 9.17) is 4.74 Å². The molecule has 5 heteroatoms. The van der Waals surface area contributed by atoms with E-state index < -0.39 is 23.2 Å². The number of hydrogen-bond donors (Lipinski definition) is 2. The van der Waals surface area contributed by atoms with Gasteiger partial charge in [-0.2, -0.15) is 0 Å². The lowest BCUT2D eigenvalue weighted by Gasteiger charge is -2.48. The van der Waals surface area contributed by atoms with Crippen LogP contribution in [0, 0.1) is 34.5 Å². The van der Waals surface area contributed by atoms with E-state index in [2.05, 4.69) is 20.8 Å². The van der Waals surface area contributed by atoms with Crippen molar-refractivity contribution < 1.29 is 24.5 Å². The van der Waals surface area contributed by atoms with Gasteiger partial charge in [-0.05, 0) is 61.0 Å². The Bertz CT molecular complexity index is 854. The first-order valence-electron chi connectivity index (χ1n) is 12.0. The van der Waals surface area contributed by atoms with Gasteiger partial charge in [0.25, 0.3) is 0 Å². The summed E-state index contributed by atoms with van der Waals surface area (Å²) in [7, 11) is 0. The summed E-state index contributed by atoms with van der Waals surface area (Å²) in [5.74, 6) is -0.294. The van der Waals surface area contributed by atoms with Crippen LogP contribution in [0.15, 0.2) is 23.3 Å². The van der Waals surface area contributed by atoms with Crippen molar-refractivity contribution in [1.29, 1.82) is 0 Å². The van der Waals surface area contributed by atoms with Gasteiger partial charge in [0.1, 0.15) is 6.10 Å². The molecule has 1 spiro atoms. The third-order valence-electron chi connectivity index (χ3n) is 9.08. The van der Waals surface area contributed by atoms with Gasteiger partial charge >= 0.3 is 5.97 Å². The van der Waals surface area contributed by atoms with Crippen LogP contribution in [0.25, 0.3) is 0 Å². The second-order valence-electron chi connectivity index (χ2n) is 11.2. The van der Waals surface area contributed by atoms with Gasteiger partial charge in [-0.15, -0.1) is 0 Å². The summed E-state index contributed by atoms with van der Waals surface area (Å²) in [5.41, 5.74) is -1.82. The Balaban J connectivity index is 1.77. The van der Waals surface area contributed by atoms with E-state index in [9.17, 15) is 19.8 Å². The molecule has 0 aromatic carbocycles. The number of aliphatic hydroxyl groups excluding tert-OH is 1. The number of ether oxygens (including phenoxy) is 1. The molecule has 0 aromatic rings. The van der Waals surface area contributed by atoms with Crippen molar-refractivity contribution in [1.82, 2.24) is 0 Å². The molecule has 2 bridgehead atoms. The Morgan fingerprint density at radius 3 is 2.55 bits per heavy atom. The van der Waals surface area contributed by atoms with Gasteiger partial charge in [0.2, 0.25) is 0 Å². The van der Waals surface area contributed by atoms with Crippen molar-refractivity contribution in [2.24, 2.45) is 34.5 Å². The molecule has 0 amide bonds. The topological polar surface area (TPSA) is 83.8 Å². The lowest BCUT2D eigenvalue weighted by atomic mass is 9.59. The van der Waals surface area contributed by atoms with E-state index in [0.29, 0.717) is 17.1 Å². The molecule has 0 heterocycles. The highest BCUT2D eigenvalue weighted by Gasteiger charge is 2.76. The van der Waals surface area contributed by atoms with Gasteiger partial charge in [0, 0.05) is 12.3 Å². The first kappa shape index (κ1) is 22.7. The molecule has 5 nitrogen and oxygen atoms in total. The van der Waals surface area contributed by atoms with Crippen molar-refractivity contribution in [2.45, 2.75) is 91.5 Å². The number of allylic oxidation sites excluding steroid dienone is 1. The monoisotopic (exact) mass is 430 g/mol. The fourth-order valence-corrected chi connectivity index (χ4v) is 7.28. The third-order valence-corrected chi connectivity index (χ3v) is 9.08. The SMILES string of the molecule is CCCCCC(=O)OC1C(C)=CC23C(=O)C(C=C(C)C(O)C12O)C1C(CC3C)C1(C)C. The predicted octanol–water partition coefficient (Wildman–Crippen LogP) is 3.97. The summed E-state index contributed by atoms with van der Waals surface area (Å²) in [5, 5.41) is 23.6. The van der Waals surface area contributed by atoms with E-state index >= 15 is 0 Å². The Hall–Kier alpha value is -1.46. The quantitative estimate of drug-likeness (QED) is 0.392. The highest BCUT2D eigenvalue weighted by Crippen LogP contribution is 2.71. The maximum atomic E-state index is 14.2. The normalized spacial score (nSPS) is 45.0. The smallest absolute Gasteiger partial charge is 0.306 e. The highest BCUT2D eigenvalue weighted by atomic mass is 16.6. The van der Waals surface area contributed by atoms with Crippen molar-refractivity contribution in [2.75, 3.05) is 0 Å². The molecule has 172 valence electrons. The Morgan fingerprint density at radius 2 is 1.90 bits per heavy atom. The summed E-state index contributed by atoms with van der Waals surface area (Å²) in [4.78, 5) is 26.8. The summed E-state index contributed by atoms with van der Waals surface area (Å²) in [6.07, 6.45) is 5.17. The van der Waals surface area contributed by atoms with E-state index in [1.54, 1.807) is 6.92 Å². The van der Waals surface area contributed by atoms with E-state index in [-0.39, 0.29) is 41.3 Å². The van der Waals surface area contributed by atoms with Gasteiger partial charge in [-0.1, -0.05) is 52.7 Å². The molecule has 0 aliphatic heterocycles. The number of rotatable bonds is 5. The number of aliphatic hydroxyl groups is 2. The molecule has 2 fully saturated rings. The molecule has 4 aliphatic carbocycles. The minimum atomic E-state index is -1.88. The standard InChI is InChI=1S/C26H38O5/c1-7-8-9-10-19(27)31-23-15(3)13-25-16(4)12-18-20(24(18,5)6)17(22(25)29)11-14(2)21(28)26(23,25)30/h11,13,16-18,20-21,23,28,30H,7-10,12H2,1-6H3. The number of ketones is 1. The largest absolute Gasteiger partial charge is 0.455 e. The number of carbonyl (C=O) groups excluding carboxylic acids is 2. The van der Waals surface area contributed by atoms with E-state index in [1.165, 1.54) is 0 Å². The predicted molar refractivity (Wildman–Crippen MR) is 118 cm³/mol. The van der Waals surface area contributed by atoms with Crippen LogP contribution in [0.4, 0.5) is 0 Å². The lowest BCUT2D eigenvalue weighted by molar-refractivity contribution is -0.202. The first-order chi connectivity index (χ1) is 14.4. The van der Waals surface area contributed by atoms with Gasteiger partial charge in [-0.3, -0.25) is 9.59 Å². The average molecular weight is 431 g/mol. The second-order valence-corrected chi connectivity index (χ2v) is 11.2. The number of hydrogen-bond acceptors (Lipinski definition) is 5. The fourth-order valence-electron chi connectivity index (χ4n) is 7.28. The second kappa shape index (κ2) is 7.28. The molecule has 0 saturated heterocycles. The zero-order valence-corrected chi connectivity index (χ0v) is 19.8. The maximum absolute atomic E-state index is 14.2. The minimum absolute atomic E-state index is 0.0274. The minimum Gasteiger partial charge on any atom is -0.455 e. The molecule has 4 aliphatic rings. The van der Waals surface area contributed by atoms with E-state index in [0.717, 1.165) is 25.7 Å². The van der Waals surface area contributed by atoms with Crippen LogP contribution in [-0.2, 0) is 14.3 Å². The lowest BCUT2D eigenvalue weighted by Crippen LogP contribution is -2.65. The van der Waals surface area contributed by atoms with Crippen LogP contribution in [-0.4, -0.2) is 39.8 Å². The molecule has 8 unspecified atom stereocenters. The summed E-state index contributed by atoms with van der Waals surface area (Å²) in [6, 6.07) is 0. The Kier molecular flexibility index (Phi) is 5.33. The third kappa shape index (κ3) is 2.88. The van der Waals surface area contributed by atoms with Crippen LogP contribution in [0.5, 0.6) is 0 Å². The van der Waals surface area contributed by atoms with Crippen molar-refractivity contribution >= 4 is 11.8 Å². The summed E-state index contributed by atoms with van der Waals surface area (Å²) < 4.78 is 5.82. The molecule has 4 rings (SSSR count). The summed E-state index contributed by atoms with van der Waals surface area (Å²) in [6.45, 7) is 12.1. The zero-order valence-electron chi connectivity index (χ0n) is 19.8. The van der Waals surface area contributed by atoms with Crippen molar-refractivity contribution in [3.63, 3.8) is 0 Å².